The van der Waals surface area contributed by atoms with E-state index in [2.05, 4.69) is 4.98 Å². The molecule has 0 spiro atoms. The first kappa shape index (κ1) is 12.5. The van der Waals surface area contributed by atoms with E-state index in [1.54, 1.807) is 0 Å². The highest BCUT2D eigenvalue weighted by Crippen LogP contribution is 2.23. The van der Waals surface area contributed by atoms with Gasteiger partial charge in [-0.05, 0) is 12.8 Å². The van der Waals surface area contributed by atoms with Gasteiger partial charge in [0.15, 0.2) is 0 Å². The third-order valence-corrected chi connectivity index (χ3v) is 4.26. The van der Waals surface area contributed by atoms with E-state index in [4.69, 9.17) is 5.73 Å². The van der Waals surface area contributed by atoms with Crippen LogP contribution in [-0.2, 0) is 6.54 Å². The second-order valence-electron chi connectivity index (χ2n) is 4.54. The fourth-order valence-corrected chi connectivity index (χ4v) is 2.97. The maximum absolute atomic E-state index is 12.2. The summed E-state index contributed by atoms with van der Waals surface area (Å²) in [5.74, 6) is 0.0350. The van der Waals surface area contributed by atoms with Crippen LogP contribution < -0.4 is 5.73 Å². The van der Waals surface area contributed by atoms with Crippen LogP contribution in [-0.4, -0.2) is 28.9 Å². The first-order valence-electron chi connectivity index (χ1n) is 6.14. The highest BCUT2D eigenvalue weighted by Gasteiger charge is 2.24. The summed E-state index contributed by atoms with van der Waals surface area (Å²) >= 11 is 1.46. The lowest BCUT2D eigenvalue weighted by Gasteiger charge is -2.30. The van der Waals surface area contributed by atoms with Gasteiger partial charge in [-0.3, -0.25) is 4.79 Å². The predicted molar refractivity (Wildman–Crippen MR) is 69.0 cm³/mol. The summed E-state index contributed by atoms with van der Waals surface area (Å²) in [6, 6.07) is 0.388. The molecule has 0 bridgehead atoms. The Bertz CT molecular complexity index is 385. The SMILES string of the molecule is CN(C(=O)c1csc(CN)n1)C1CCCCC1. The van der Waals surface area contributed by atoms with Crippen molar-refractivity contribution in [2.45, 2.75) is 44.7 Å². The van der Waals surface area contributed by atoms with E-state index in [1.165, 1.54) is 30.6 Å². The number of hydrogen-bond acceptors (Lipinski definition) is 4. The van der Waals surface area contributed by atoms with Crippen molar-refractivity contribution in [3.8, 4) is 0 Å². The average Bonchev–Trinajstić information content (AvgIpc) is 2.87. The Labute approximate surface area is 106 Å². The summed E-state index contributed by atoms with van der Waals surface area (Å²) in [6.07, 6.45) is 6.00. The van der Waals surface area contributed by atoms with Gasteiger partial charge in [0.2, 0.25) is 0 Å². The third-order valence-electron chi connectivity index (χ3n) is 3.39. The monoisotopic (exact) mass is 253 g/mol. The lowest BCUT2D eigenvalue weighted by Crippen LogP contribution is -2.38. The van der Waals surface area contributed by atoms with Gasteiger partial charge < -0.3 is 10.6 Å². The standard InChI is InChI=1S/C12H19N3OS/c1-15(9-5-3-2-4-6-9)12(16)10-8-17-11(7-13)14-10/h8-9H,2-7,13H2,1H3. The minimum Gasteiger partial charge on any atom is -0.337 e. The van der Waals surface area contributed by atoms with Crippen molar-refractivity contribution < 1.29 is 4.79 Å². The summed E-state index contributed by atoms with van der Waals surface area (Å²) in [4.78, 5) is 18.3. The van der Waals surface area contributed by atoms with Gasteiger partial charge in [-0.2, -0.15) is 0 Å². The second kappa shape index (κ2) is 5.60. The summed E-state index contributed by atoms with van der Waals surface area (Å²) in [5.41, 5.74) is 6.05. The number of nitrogens with two attached hydrogens (primary N) is 1. The topological polar surface area (TPSA) is 59.2 Å². The van der Waals surface area contributed by atoms with Crippen molar-refractivity contribution in [3.05, 3.63) is 16.1 Å². The van der Waals surface area contributed by atoms with Gasteiger partial charge in [0.05, 0.1) is 0 Å². The molecule has 5 heteroatoms. The first-order valence-corrected chi connectivity index (χ1v) is 7.02. The van der Waals surface area contributed by atoms with Crippen molar-refractivity contribution in [2.75, 3.05) is 7.05 Å². The van der Waals surface area contributed by atoms with Crippen LogP contribution in [0.5, 0.6) is 0 Å². The van der Waals surface area contributed by atoms with Crippen LogP contribution in [0.3, 0.4) is 0 Å². The Morgan fingerprint density at radius 2 is 2.24 bits per heavy atom. The van der Waals surface area contributed by atoms with E-state index in [1.807, 2.05) is 17.3 Å². The minimum atomic E-state index is 0.0350. The molecule has 0 atom stereocenters. The zero-order valence-corrected chi connectivity index (χ0v) is 11.0. The van der Waals surface area contributed by atoms with Crippen LogP contribution in [0, 0.1) is 0 Å². The van der Waals surface area contributed by atoms with Gasteiger partial charge in [-0.15, -0.1) is 11.3 Å². The van der Waals surface area contributed by atoms with Crippen molar-refractivity contribution in [3.63, 3.8) is 0 Å². The number of carbonyl (C=O) groups excluding carboxylic acids is 1. The molecule has 1 heterocycles. The molecule has 0 aromatic carbocycles. The average molecular weight is 253 g/mol. The molecule has 17 heavy (non-hydrogen) atoms. The van der Waals surface area contributed by atoms with Crippen LogP contribution in [0.4, 0.5) is 0 Å². The molecule has 0 unspecified atom stereocenters. The Balaban J connectivity index is 2.02. The van der Waals surface area contributed by atoms with Crippen LogP contribution in [0.15, 0.2) is 5.38 Å². The summed E-state index contributed by atoms with van der Waals surface area (Å²) < 4.78 is 0. The highest BCUT2D eigenvalue weighted by molar-refractivity contribution is 7.09. The number of hydrogen-bond donors (Lipinski definition) is 1. The van der Waals surface area contributed by atoms with Crippen LogP contribution >= 0.6 is 11.3 Å². The van der Waals surface area contributed by atoms with E-state index in [0.29, 0.717) is 18.3 Å². The first-order chi connectivity index (χ1) is 8.22. The summed E-state index contributed by atoms with van der Waals surface area (Å²) in [5, 5.41) is 2.63. The molecule has 1 aromatic heterocycles. The molecule has 1 aliphatic rings. The van der Waals surface area contributed by atoms with Crippen molar-refractivity contribution in [1.29, 1.82) is 0 Å². The maximum Gasteiger partial charge on any atom is 0.273 e. The number of carbonyl (C=O) groups is 1. The third kappa shape index (κ3) is 2.84. The molecule has 2 rings (SSSR count). The van der Waals surface area contributed by atoms with Crippen molar-refractivity contribution >= 4 is 17.2 Å². The zero-order chi connectivity index (χ0) is 12.3. The van der Waals surface area contributed by atoms with Crippen LogP contribution in [0.1, 0.15) is 47.6 Å². The van der Waals surface area contributed by atoms with E-state index in [-0.39, 0.29) is 5.91 Å². The Morgan fingerprint density at radius 1 is 1.53 bits per heavy atom. The molecule has 1 aliphatic carbocycles. The molecule has 94 valence electrons. The number of amides is 1. The highest BCUT2D eigenvalue weighted by atomic mass is 32.1. The molecule has 0 saturated heterocycles. The Kier molecular flexibility index (Phi) is 4.12. The minimum absolute atomic E-state index is 0.0350. The molecule has 1 amide bonds. The van der Waals surface area contributed by atoms with E-state index >= 15 is 0 Å². The van der Waals surface area contributed by atoms with Gasteiger partial charge in [-0.1, -0.05) is 19.3 Å². The fraction of sp³-hybridized carbons (Fsp3) is 0.667. The van der Waals surface area contributed by atoms with Crippen molar-refractivity contribution in [1.82, 2.24) is 9.88 Å². The van der Waals surface area contributed by atoms with Gasteiger partial charge in [0, 0.05) is 25.0 Å². The lowest BCUT2D eigenvalue weighted by atomic mass is 9.94. The van der Waals surface area contributed by atoms with E-state index in [0.717, 1.165) is 17.8 Å². The van der Waals surface area contributed by atoms with Gasteiger partial charge in [0.1, 0.15) is 10.7 Å². The number of thiazole rings is 1. The Morgan fingerprint density at radius 3 is 2.82 bits per heavy atom. The number of rotatable bonds is 3. The molecular weight excluding hydrogens is 234 g/mol. The molecule has 0 radical (unpaired) electrons. The molecule has 0 aliphatic heterocycles. The van der Waals surface area contributed by atoms with E-state index in [9.17, 15) is 4.79 Å². The smallest absolute Gasteiger partial charge is 0.273 e. The lowest BCUT2D eigenvalue weighted by molar-refractivity contribution is 0.0691. The molecule has 4 nitrogen and oxygen atoms in total. The van der Waals surface area contributed by atoms with E-state index < -0.39 is 0 Å². The summed E-state index contributed by atoms with van der Waals surface area (Å²) in [6.45, 7) is 0.408. The molecule has 2 N–H and O–H groups in total. The number of nitrogens with zero attached hydrogens (tertiary/aromatic N) is 2. The predicted octanol–water partition coefficient (Wildman–Crippen LogP) is 2.01. The van der Waals surface area contributed by atoms with Crippen molar-refractivity contribution in [2.24, 2.45) is 5.73 Å². The van der Waals surface area contributed by atoms with Gasteiger partial charge in [0.25, 0.3) is 5.91 Å². The molecule has 1 fully saturated rings. The molecule has 1 aromatic rings. The fourth-order valence-electron chi connectivity index (χ4n) is 2.32. The molecule has 1 saturated carbocycles. The zero-order valence-electron chi connectivity index (χ0n) is 10.2. The normalized spacial score (nSPS) is 17.1. The largest absolute Gasteiger partial charge is 0.337 e. The van der Waals surface area contributed by atoms with Crippen LogP contribution in [0.2, 0.25) is 0 Å². The quantitative estimate of drug-likeness (QED) is 0.896. The number of aromatic nitrogens is 1. The van der Waals surface area contributed by atoms with Crippen LogP contribution in [0.25, 0.3) is 0 Å². The summed E-state index contributed by atoms with van der Waals surface area (Å²) in [7, 11) is 1.89. The maximum atomic E-state index is 12.2. The molecular formula is C12H19N3OS. The van der Waals surface area contributed by atoms with Gasteiger partial charge >= 0.3 is 0 Å². The van der Waals surface area contributed by atoms with Gasteiger partial charge in [-0.25, -0.2) is 4.98 Å². The second-order valence-corrected chi connectivity index (χ2v) is 5.48. The Hall–Kier alpha value is -0.940.